The summed E-state index contributed by atoms with van der Waals surface area (Å²) in [6, 6.07) is 6.98. The molecule has 0 amide bonds. The minimum Gasteiger partial charge on any atom is -0.507 e. The van der Waals surface area contributed by atoms with Crippen LogP contribution in [0.3, 0.4) is 0 Å². The monoisotopic (exact) mass is 463 g/mol. The van der Waals surface area contributed by atoms with E-state index >= 15 is 0 Å². The van der Waals surface area contributed by atoms with Gasteiger partial charge in [-0.05, 0) is 44.1 Å². The summed E-state index contributed by atoms with van der Waals surface area (Å²) in [6.07, 6.45) is 3.65. The van der Waals surface area contributed by atoms with Crippen molar-refractivity contribution in [2.75, 3.05) is 33.4 Å². The number of methoxy groups -OCH3 is 1. The van der Waals surface area contributed by atoms with Crippen LogP contribution < -0.4 is 14.9 Å². The SMILES string of the molecule is COc1c(-c2ccc(O)c(O)c2)oc2cc(OCCN3CCCCC3)cc(O)c2c1=O.Cl. The first-order valence-electron chi connectivity index (χ1n) is 10.2. The normalized spacial score (nSPS) is 14.2. The number of halogens is 1. The maximum Gasteiger partial charge on any atom is 0.239 e. The van der Waals surface area contributed by atoms with Crippen LogP contribution >= 0.6 is 12.4 Å². The summed E-state index contributed by atoms with van der Waals surface area (Å²) >= 11 is 0. The smallest absolute Gasteiger partial charge is 0.239 e. The van der Waals surface area contributed by atoms with Gasteiger partial charge in [0.15, 0.2) is 17.3 Å². The number of fused-ring (bicyclic) bond motifs is 1. The Kier molecular flexibility index (Phi) is 7.37. The van der Waals surface area contributed by atoms with Crippen LogP contribution in [0, 0.1) is 0 Å². The van der Waals surface area contributed by atoms with E-state index in [9.17, 15) is 20.1 Å². The Hall–Kier alpha value is -3.10. The largest absolute Gasteiger partial charge is 0.507 e. The number of rotatable bonds is 6. The molecule has 32 heavy (non-hydrogen) atoms. The molecule has 0 radical (unpaired) electrons. The number of phenolic OH excluding ortho intramolecular Hbond substituents is 3. The maximum absolute atomic E-state index is 13.0. The first kappa shape index (κ1) is 23.6. The van der Waals surface area contributed by atoms with Crippen LogP contribution in [0.5, 0.6) is 28.7 Å². The van der Waals surface area contributed by atoms with Crippen LogP contribution in [0.1, 0.15) is 19.3 Å². The Balaban J connectivity index is 0.00000289. The molecule has 0 saturated carbocycles. The molecule has 9 heteroatoms. The number of nitrogens with zero attached hydrogens (tertiary/aromatic N) is 1. The number of ether oxygens (including phenoxy) is 2. The second kappa shape index (κ2) is 10.0. The fourth-order valence-electron chi connectivity index (χ4n) is 3.86. The van der Waals surface area contributed by atoms with Crippen molar-refractivity contribution in [3.8, 4) is 40.1 Å². The number of phenols is 3. The number of likely N-dealkylation sites (tertiary alicyclic amines) is 1. The predicted molar refractivity (Wildman–Crippen MR) is 123 cm³/mol. The quantitative estimate of drug-likeness (QED) is 0.472. The highest BCUT2D eigenvalue weighted by molar-refractivity contribution is 5.88. The highest BCUT2D eigenvalue weighted by Crippen LogP contribution is 2.38. The molecule has 2 heterocycles. The van der Waals surface area contributed by atoms with Gasteiger partial charge in [0, 0.05) is 24.2 Å². The molecule has 4 rings (SSSR count). The van der Waals surface area contributed by atoms with Crippen LogP contribution in [-0.4, -0.2) is 53.6 Å². The number of benzene rings is 2. The molecule has 1 aromatic heterocycles. The van der Waals surface area contributed by atoms with E-state index in [2.05, 4.69) is 4.90 Å². The molecule has 0 atom stereocenters. The third kappa shape index (κ3) is 4.71. The summed E-state index contributed by atoms with van der Waals surface area (Å²) in [6.45, 7) is 3.35. The lowest BCUT2D eigenvalue weighted by atomic mass is 10.1. The summed E-state index contributed by atoms with van der Waals surface area (Å²) in [5, 5.41) is 29.8. The Morgan fingerprint density at radius 1 is 1.00 bits per heavy atom. The highest BCUT2D eigenvalue weighted by Gasteiger charge is 2.21. The van der Waals surface area contributed by atoms with E-state index in [-0.39, 0.29) is 52.1 Å². The summed E-state index contributed by atoms with van der Waals surface area (Å²) in [5.74, 6) is -0.591. The van der Waals surface area contributed by atoms with Crippen molar-refractivity contribution in [2.45, 2.75) is 19.3 Å². The molecule has 1 aliphatic heterocycles. The molecule has 3 aromatic rings. The van der Waals surface area contributed by atoms with Crippen LogP contribution in [0.4, 0.5) is 0 Å². The van der Waals surface area contributed by atoms with Crippen molar-refractivity contribution < 1.29 is 29.2 Å². The van der Waals surface area contributed by atoms with E-state index in [0.29, 0.717) is 17.9 Å². The molecule has 1 aliphatic rings. The van der Waals surface area contributed by atoms with Gasteiger partial charge in [0.1, 0.15) is 29.1 Å². The van der Waals surface area contributed by atoms with Crippen molar-refractivity contribution in [1.82, 2.24) is 4.90 Å². The predicted octanol–water partition coefficient (Wildman–Crippen LogP) is 3.87. The van der Waals surface area contributed by atoms with E-state index in [4.69, 9.17) is 13.9 Å². The van der Waals surface area contributed by atoms with Crippen LogP contribution in [0.25, 0.3) is 22.3 Å². The topological polar surface area (TPSA) is 113 Å². The van der Waals surface area contributed by atoms with Gasteiger partial charge in [0.2, 0.25) is 11.2 Å². The molecule has 8 nitrogen and oxygen atoms in total. The molecule has 0 bridgehead atoms. The summed E-state index contributed by atoms with van der Waals surface area (Å²) < 4.78 is 16.9. The van der Waals surface area contributed by atoms with Crippen LogP contribution in [0.15, 0.2) is 39.5 Å². The van der Waals surface area contributed by atoms with Crippen molar-refractivity contribution in [3.05, 3.63) is 40.6 Å². The number of hydrogen-bond donors (Lipinski definition) is 3. The standard InChI is InChI=1S/C23H25NO7.ClH/c1-29-23-21(28)20-18(27)12-15(30-10-9-24-7-3-2-4-8-24)13-19(20)31-22(23)14-5-6-16(25)17(26)11-14;/h5-6,11-13,25-27H,2-4,7-10H2,1H3;1H. The van der Waals surface area contributed by atoms with Crippen LogP contribution in [0.2, 0.25) is 0 Å². The van der Waals surface area contributed by atoms with Gasteiger partial charge in [0.25, 0.3) is 0 Å². The maximum atomic E-state index is 13.0. The molecule has 0 spiro atoms. The van der Waals surface area contributed by atoms with Gasteiger partial charge < -0.3 is 29.2 Å². The van der Waals surface area contributed by atoms with Crippen molar-refractivity contribution in [3.63, 3.8) is 0 Å². The molecule has 1 saturated heterocycles. The summed E-state index contributed by atoms with van der Waals surface area (Å²) in [5.41, 5.74) is -0.0907. The van der Waals surface area contributed by atoms with Crippen molar-refractivity contribution >= 4 is 23.4 Å². The Morgan fingerprint density at radius 3 is 2.44 bits per heavy atom. The molecule has 3 N–H and O–H groups in total. The Morgan fingerprint density at radius 2 is 1.75 bits per heavy atom. The minimum atomic E-state index is -0.552. The highest BCUT2D eigenvalue weighted by atomic mass is 35.5. The van der Waals surface area contributed by atoms with Gasteiger partial charge in [0.05, 0.1) is 7.11 Å². The Labute approximate surface area is 191 Å². The molecule has 0 aliphatic carbocycles. The zero-order valence-electron chi connectivity index (χ0n) is 17.7. The first-order chi connectivity index (χ1) is 15.0. The van der Waals surface area contributed by atoms with Gasteiger partial charge in [-0.1, -0.05) is 6.42 Å². The summed E-state index contributed by atoms with van der Waals surface area (Å²) in [4.78, 5) is 15.3. The van der Waals surface area contributed by atoms with E-state index in [1.165, 1.54) is 50.6 Å². The molecule has 2 aromatic carbocycles. The average molecular weight is 464 g/mol. The van der Waals surface area contributed by atoms with Crippen molar-refractivity contribution in [2.24, 2.45) is 0 Å². The fourth-order valence-corrected chi connectivity index (χ4v) is 3.86. The number of hydrogen-bond acceptors (Lipinski definition) is 8. The third-order valence-electron chi connectivity index (χ3n) is 5.47. The second-order valence-electron chi connectivity index (χ2n) is 7.56. The van der Waals surface area contributed by atoms with Gasteiger partial charge in [-0.25, -0.2) is 0 Å². The van der Waals surface area contributed by atoms with Gasteiger partial charge >= 0.3 is 0 Å². The zero-order valence-corrected chi connectivity index (χ0v) is 18.5. The minimum absolute atomic E-state index is 0. The lowest BCUT2D eigenvalue weighted by Gasteiger charge is -2.26. The average Bonchev–Trinajstić information content (AvgIpc) is 2.76. The van der Waals surface area contributed by atoms with E-state index in [0.717, 1.165) is 19.6 Å². The number of aromatic hydroxyl groups is 3. The lowest BCUT2D eigenvalue weighted by Crippen LogP contribution is -2.33. The van der Waals surface area contributed by atoms with Crippen molar-refractivity contribution in [1.29, 1.82) is 0 Å². The number of piperidine rings is 1. The van der Waals surface area contributed by atoms with Gasteiger partial charge in [-0.15, -0.1) is 12.4 Å². The second-order valence-corrected chi connectivity index (χ2v) is 7.56. The fraction of sp³-hybridized carbons (Fsp3) is 0.348. The molecule has 0 unspecified atom stereocenters. The Bertz CT molecular complexity index is 1160. The summed E-state index contributed by atoms with van der Waals surface area (Å²) in [7, 11) is 1.32. The van der Waals surface area contributed by atoms with E-state index in [1.807, 2.05) is 0 Å². The third-order valence-corrected chi connectivity index (χ3v) is 5.47. The molecular weight excluding hydrogens is 438 g/mol. The first-order valence-corrected chi connectivity index (χ1v) is 10.2. The van der Waals surface area contributed by atoms with E-state index < -0.39 is 5.43 Å². The molecule has 1 fully saturated rings. The van der Waals surface area contributed by atoms with Gasteiger partial charge in [-0.3, -0.25) is 9.69 Å². The van der Waals surface area contributed by atoms with E-state index in [1.54, 1.807) is 6.07 Å². The zero-order chi connectivity index (χ0) is 22.0. The van der Waals surface area contributed by atoms with Gasteiger partial charge in [-0.2, -0.15) is 0 Å². The van der Waals surface area contributed by atoms with Crippen LogP contribution in [-0.2, 0) is 0 Å². The molecule has 172 valence electrons. The molecular formula is C23H26ClNO7. The lowest BCUT2D eigenvalue weighted by molar-refractivity contribution is 0.183.